The van der Waals surface area contributed by atoms with Crippen LogP contribution in [-0.2, 0) is 5.75 Å². The van der Waals surface area contributed by atoms with Gasteiger partial charge < -0.3 is 4.74 Å². The topological polar surface area (TPSA) is 39.2 Å². The number of rotatable bonds is 6. The normalized spacial score (nSPS) is 11.1. The second kappa shape index (κ2) is 7.80. The highest BCUT2D eigenvalue weighted by Crippen LogP contribution is 2.35. The number of thiazole rings is 1. The monoisotopic (exact) mass is 385 g/mol. The Morgan fingerprint density at radius 3 is 2.65 bits per heavy atom. The van der Waals surface area contributed by atoms with Gasteiger partial charge in [0.1, 0.15) is 5.75 Å². The number of nitrogens with zero attached hydrogens (tertiary/aromatic N) is 1. The van der Waals surface area contributed by atoms with Crippen molar-refractivity contribution in [2.24, 2.45) is 0 Å². The molecule has 26 heavy (non-hydrogen) atoms. The summed E-state index contributed by atoms with van der Waals surface area (Å²) in [6.45, 7) is 10.5. The zero-order valence-electron chi connectivity index (χ0n) is 15.8. The first-order chi connectivity index (χ1) is 12.4. The lowest BCUT2D eigenvalue weighted by atomic mass is 9.92. The lowest BCUT2D eigenvalue weighted by Gasteiger charge is -2.15. The van der Waals surface area contributed by atoms with E-state index in [1.54, 1.807) is 30.0 Å². The number of fused-ring (bicyclic) bond motifs is 1. The van der Waals surface area contributed by atoms with E-state index in [4.69, 9.17) is 9.72 Å². The van der Waals surface area contributed by atoms with Crippen molar-refractivity contribution in [2.45, 2.75) is 44.7 Å². The molecule has 0 fully saturated rings. The van der Waals surface area contributed by atoms with Crippen molar-refractivity contribution in [3.8, 4) is 5.75 Å². The fourth-order valence-electron chi connectivity index (χ4n) is 3.33. The smallest absolute Gasteiger partial charge is 0.160 e. The van der Waals surface area contributed by atoms with Gasteiger partial charge in [-0.25, -0.2) is 4.98 Å². The molecule has 3 nitrogen and oxygen atoms in total. The number of aromatic nitrogens is 1. The molecule has 0 spiro atoms. The largest absolute Gasteiger partial charge is 0.494 e. The maximum atomic E-state index is 12.0. The van der Waals surface area contributed by atoms with Gasteiger partial charge in [-0.05, 0) is 75.1 Å². The van der Waals surface area contributed by atoms with Crippen molar-refractivity contribution in [1.82, 2.24) is 4.98 Å². The molecule has 1 heterocycles. The molecule has 0 aliphatic rings. The molecule has 0 amide bonds. The van der Waals surface area contributed by atoms with E-state index in [0.29, 0.717) is 6.61 Å². The summed E-state index contributed by atoms with van der Waals surface area (Å²) in [7, 11) is 0. The van der Waals surface area contributed by atoms with Crippen LogP contribution in [0, 0.1) is 20.8 Å². The first-order valence-corrected chi connectivity index (χ1v) is 10.5. The Labute approximate surface area is 162 Å². The quantitative estimate of drug-likeness (QED) is 0.379. The number of Topliss-reactive ketones (excluding diaryl/α,β-unsaturated/α-hetero) is 1. The molecule has 5 heteroatoms. The molecule has 0 aliphatic carbocycles. The summed E-state index contributed by atoms with van der Waals surface area (Å²) in [6.07, 6.45) is 0. The van der Waals surface area contributed by atoms with Crippen LogP contribution in [0.5, 0.6) is 5.75 Å². The van der Waals surface area contributed by atoms with Crippen LogP contribution in [0.4, 0.5) is 0 Å². The van der Waals surface area contributed by atoms with E-state index in [0.717, 1.165) is 42.7 Å². The minimum Gasteiger partial charge on any atom is -0.494 e. The molecular weight excluding hydrogens is 362 g/mol. The second-order valence-electron chi connectivity index (χ2n) is 6.38. The first-order valence-electron chi connectivity index (χ1n) is 8.67. The molecule has 3 aromatic rings. The Bertz CT molecular complexity index is 976. The number of benzene rings is 2. The molecular formula is C21H23NO2S2. The van der Waals surface area contributed by atoms with E-state index in [9.17, 15) is 4.79 Å². The number of thioether (sulfide) groups is 1. The van der Waals surface area contributed by atoms with Gasteiger partial charge in [0.25, 0.3) is 0 Å². The zero-order valence-corrected chi connectivity index (χ0v) is 17.4. The van der Waals surface area contributed by atoms with E-state index in [-0.39, 0.29) is 5.78 Å². The van der Waals surface area contributed by atoms with Gasteiger partial charge >= 0.3 is 0 Å². The van der Waals surface area contributed by atoms with Crippen LogP contribution in [0.2, 0.25) is 0 Å². The summed E-state index contributed by atoms with van der Waals surface area (Å²) in [5.74, 6) is 1.84. The maximum absolute atomic E-state index is 12.0. The molecule has 0 saturated carbocycles. The summed E-state index contributed by atoms with van der Waals surface area (Å²) in [5, 5.41) is 0. The molecule has 0 bridgehead atoms. The third kappa shape index (κ3) is 3.79. The Kier molecular flexibility index (Phi) is 5.68. The average molecular weight is 386 g/mol. The molecule has 0 N–H and O–H groups in total. The van der Waals surface area contributed by atoms with Crippen LogP contribution in [0.25, 0.3) is 10.2 Å². The number of carbonyl (C=O) groups is 1. The summed E-state index contributed by atoms with van der Waals surface area (Å²) in [5.41, 5.74) is 6.49. The number of hydrogen-bond donors (Lipinski definition) is 0. The van der Waals surface area contributed by atoms with Gasteiger partial charge in [-0.2, -0.15) is 0 Å². The van der Waals surface area contributed by atoms with Gasteiger partial charge in [0, 0.05) is 11.3 Å². The van der Waals surface area contributed by atoms with Crippen LogP contribution in [0.3, 0.4) is 0 Å². The van der Waals surface area contributed by atoms with Crippen molar-refractivity contribution in [2.75, 3.05) is 6.61 Å². The molecule has 0 radical (unpaired) electrons. The van der Waals surface area contributed by atoms with Crippen LogP contribution in [0.15, 0.2) is 28.6 Å². The van der Waals surface area contributed by atoms with Gasteiger partial charge in [0.05, 0.1) is 16.8 Å². The number of hydrogen-bond acceptors (Lipinski definition) is 5. The fraction of sp³-hybridized carbons (Fsp3) is 0.333. The molecule has 0 saturated heterocycles. The minimum atomic E-state index is 0.134. The van der Waals surface area contributed by atoms with Crippen LogP contribution < -0.4 is 4.74 Å². The highest BCUT2D eigenvalue weighted by atomic mass is 32.2. The van der Waals surface area contributed by atoms with Gasteiger partial charge in [-0.3, -0.25) is 4.79 Å². The van der Waals surface area contributed by atoms with E-state index in [1.807, 2.05) is 26.0 Å². The third-order valence-electron chi connectivity index (χ3n) is 4.47. The maximum Gasteiger partial charge on any atom is 0.160 e. The van der Waals surface area contributed by atoms with Gasteiger partial charge in [-0.1, -0.05) is 17.8 Å². The number of aryl methyl sites for hydroxylation is 2. The molecule has 1 aromatic heterocycles. The second-order valence-corrected chi connectivity index (χ2v) is 8.63. The molecule has 2 aromatic carbocycles. The van der Waals surface area contributed by atoms with Crippen LogP contribution in [-0.4, -0.2) is 17.4 Å². The lowest BCUT2D eigenvalue weighted by molar-refractivity contribution is 0.101. The van der Waals surface area contributed by atoms with Crippen LogP contribution in [0.1, 0.15) is 46.5 Å². The minimum absolute atomic E-state index is 0.134. The molecule has 0 atom stereocenters. The molecule has 136 valence electrons. The van der Waals surface area contributed by atoms with Crippen molar-refractivity contribution >= 4 is 39.1 Å². The van der Waals surface area contributed by atoms with E-state index in [2.05, 4.69) is 26.0 Å². The summed E-state index contributed by atoms with van der Waals surface area (Å²) in [4.78, 5) is 16.7. The highest BCUT2D eigenvalue weighted by Gasteiger charge is 2.15. The van der Waals surface area contributed by atoms with Crippen molar-refractivity contribution < 1.29 is 9.53 Å². The predicted octanol–water partition coefficient (Wildman–Crippen LogP) is 6.12. The third-order valence-corrected chi connectivity index (χ3v) is 6.66. The SMILES string of the molecule is CCOc1ccc2nc(SCc3c(C)cc(C)c(C(C)=O)c3C)sc2c1. The van der Waals surface area contributed by atoms with Gasteiger partial charge in [0.15, 0.2) is 10.1 Å². The van der Waals surface area contributed by atoms with Crippen molar-refractivity contribution in [3.63, 3.8) is 0 Å². The summed E-state index contributed by atoms with van der Waals surface area (Å²) < 4.78 is 7.75. The number of ketones is 1. The fourth-order valence-corrected chi connectivity index (χ4v) is 5.61. The van der Waals surface area contributed by atoms with Crippen molar-refractivity contribution in [1.29, 1.82) is 0 Å². The summed E-state index contributed by atoms with van der Waals surface area (Å²) >= 11 is 3.42. The molecule has 3 rings (SSSR count). The molecule has 0 aliphatic heterocycles. The van der Waals surface area contributed by atoms with Gasteiger partial charge in [0.2, 0.25) is 0 Å². The highest BCUT2D eigenvalue weighted by molar-refractivity contribution is 8.00. The average Bonchev–Trinajstić information content (AvgIpc) is 2.96. The van der Waals surface area contributed by atoms with E-state index in [1.165, 1.54) is 11.1 Å². The zero-order chi connectivity index (χ0) is 18.8. The predicted molar refractivity (Wildman–Crippen MR) is 111 cm³/mol. The standard InChI is InChI=1S/C21H23NO2S2/c1-6-24-16-7-8-18-19(10-16)26-21(22-18)25-11-17-12(2)9-13(3)20(14(17)4)15(5)23/h7-10H,6,11H2,1-5H3. The Hall–Kier alpha value is -1.85. The lowest BCUT2D eigenvalue weighted by Crippen LogP contribution is -2.05. The van der Waals surface area contributed by atoms with Gasteiger partial charge in [-0.15, -0.1) is 11.3 Å². The van der Waals surface area contributed by atoms with Crippen molar-refractivity contribution in [3.05, 3.63) is 52.1 Å². The first kappa shape index (κ1) is 18.9. The Morgan fingerprint density at radius 1 is 1.19 bits per heavy atom. The molecule has 0 unspecified atom stereocenters. The Balaban J connectivity index is 1.86. The summed E-state index contributed by atoms with van der Waals surface area (Å²) in [6, 6.07) is 8.15. The van der Waals surface area contributed by atoms with E-state index < -0.39 is 0 Å². The Morgan fingerprint density at radius 2 is 1.96 bits per heavy atom. The van der Waals surface area contributed by atoms with E-state index >= 15 is 0 Å². The number of carbonyl (C=O) groups excluding carboxylic acids is 1. The number of ether oxygens (including phenoxy) is 1. The van der Waals surface area contributed by atoms with Crippen LogP contribution >= 0.6 is 23.1 Å².